The van der Waals surface area contributed by atoms with Crippen LogP contribution in [0.5, 0.6) is 5.75 Å². The third kappa shape index (κ3) is 4.94. The van der Waals surface area contributed by atoms with Crippen LogP contribution in [-0.4, -0.2) is 27.6 Å². The van der Waals surface area contributed by atoms with Crippen LogP contribution in [0.3, 0.4) is 0 Å². The van der Waals surface area contributed by atoms with E-state index < -0.39 is 0 Å². The van der Waals surface area contributed by atoms with E-state index in [1.54, 1.807) is 22.8 Å². The Hall–Kier alpha value is -5.04. The highest BCUT2D eigenvalue weighted by atomic mass is 16.3. The van der Waals surface area contributed by atoms with Gasteiger partial charge in [-0.15, -0.1) is 0 Å². The second-order valence-corrected chi connectivity index (χ2v) is 9.64. The number of hydrogen-bond acceptors (Lipinski definition) is 5. The topological polar surface area (TPSA) is 74.5 Å². The van der Waals surface area contributed by atoms with Crippen molar-refractivity contribution < 1.29 is 5.11 Å². The minimum Gasteiger partial charge on any atom is -0.507 e. The van der Waals surface area contributed by atoms with Gasteiger partial charge in [0, 0.05) is 42.2 Å². The lowest BCUT2D eigenvalue weighted by atomic mass is 10.0. The van der Waals surface area contributed by atoms with Crippen LogP contribution < -0.4 is 16.1 Å². The molecular formula is C32H28BN5O. The number of aromatic hydroxyl groups is 1. The molecule has 3 N–H and O–H groups in total. The third-order valence-electron chi connectivity index (χ3n) is 6.91. The molecule has 0 fully saturated rings. The predicted molar refractivity (Wildman–Crippen MR) is 162 cm³/mol. The summed E-state index contributed by atoms with van der Waals surface area (Å²) < 4.78 is 1.80. The van der Waals surface area contributed by atoms with Gasteiger partial charge in [0.2, 0.25) is 0 Å². The van der Waals surface area contributed by atoms with Crippen molar-refractivity contribution >= 4 is 41.2 Å². The van der Waals surface area contributed by atoms with Crippen LogP contribution in [-0.2, 0) is 13.1 Å². The number of aromatic nitrogens is 3. The van der Waals surface area contributed by atoms with Crippen LogP contribution in [0.2, 0.25) is 0 Å². The zero-order chi connectivity index (χ0) is 26.8. The minimum atomic E-state index is 0.197. The number of phenols is 1. The zero-order valence-corrected chi connectivity index (χ0v) is 21.7. The van der Waals surface area contributed by atoms with Crippen LogP contribution in [0.4, 0.5) is 5.82 Å². The number of para-hydroxylation sites is 1. The van der Waals surface area contributed by atoms with E-state index in [4.69, 9.17) is 4.98 Å². The highest BCUT2D eigenvalue weighted by Crippen LogP contribution is 2.29. The van der Waals surface area contributed by atoms with E-state index in [9.17, 15) is 5.11 Å². The SMILES string of the molecule is Bc1cnn2c(NCc3cccc(CNC(=C)c4cccc5ccccc45)c3)cc(-c3ccccc3O)nc12. The molecule has 0 saturated carbocycles. The Morgan fingerprint density at radius 3 is 2.49 bits per heavy atom. The standard InChI is InChI=1S/C32H28BN5O/c1-21(25-14-7-11-24-10-2-3-12-26(24)25)34-18-22-8-6-9-23(16-22)19-35-31-17-29(27-13-4-5-15-30(27)39)37-32-28(33)20-36-38(31)32/h2-17,20,34-35,39H,1,18-19,33H2. The number of fused-ring (bicyclic) bond motifs is 2. The van der Waals surface area contributed by atoms with Crippen molar-refractivity contribution in [1.29, 1.82) is 0 Å². The molecule has 2 aromatic heterocycles. The molecule has 0 unspecified atom stereocenters. The zero-order valence-electron chi connectivity index (χ0n) is 21.7. The van der Waals surface area contributed by atoms with Gasteiger partial charge in [0.25, 0.3) is 0 Å². The molecule has 0 atom stereocenters. The van der Waals surface area contributed by atoms with Crippen molar-refractivity contribution in [1.82, 2.24) is 19.9 Å². The quantitative estimate of drug-likeness (QED) is 0.255. The number of rotatable bonds is 8. The number of anilines is 1. The highest BCUT2D eigenvalue weighted by Gasteiger charge is 2.13. The summed E-state index contributed by atoms with van der Waals surface area (Å²) in [5.74, 6) is 1.00. The Kier molecular flexibility index (Phi) is 6.47. The summed E-state index contributed by atoms with van der Waals surface area (Å²) in [4.78, 5) is 4.76. The van der Waals surface area contributed by atoms with Crippen LogP contribution in [0.15, 0.2) is 110 Å². The maximum Gasteiger partial charge on any atom is 0.151 e. The average molecular weight is 509 g/mol. The van der Waals surface area contributed by atoms with Crippen molar-refractivity contribution in [2.75, 3.05) is 5.32 Å². The first-order valence-electron chi connectivity index (χ1n) is 12.9. The minimum absolute atomic E-state index is 0.197. The van der Waals surface area contributed by atoms with Crippen LogP contribution in [0, 0.1) is 0 Å². The Bertz CT molecular complexity index is 1820. The Balaban J connectivity index is 1.19. The largest absolute Gasteiger partial charge is 0.507 e. The van der Waals surface area contributed by atoms with Crippen LogP contribution >= 0.6 is 0 Å². The Labute approximate surface area is 228 Å². The Morgan fingerprint density at radius 2 is 1.62 bits per heavy atom. The van der Waals surface area contributed by atoms with Gasteiger partial charge in [-0.2, -0.15) is 9.61 Å². The molecule has 0 aliphatic rings. The molecule has 6 rings (SSSR count). The van der Waals surface area contributed by atoms with E-state index in [0.29, 0.717) is 24.3 Å². The van der Waals surface area contributed by atoms with Crippen LogP contribution in [0.25, 0.3) is 33.4 Å². The van der Waals surface area contributed by atoms with E-state index in [-0.39, 0.29) is 5.75 Å². The molecule has 0 aliphatic carbocycles. The number of hydrogen-bond donors (Lipinski definition) is 3. The fraction of sp³-hybridized carbons (Fsp3) is 0.0625. The molecule has 39 heavy (non-hydrogen) atoms. The summed E-state index contributed by atoms with van der Waals surface area (Å²) >= 11 is 0. The maximum absolute atomic E-state index is 10.4. The van der Waals surface area contributed by atoms with Crippen molar-refractivity contribution in [3.05, 3.63) is 127 Å². The summed E-state index contributed by atoms with van der Waals surface area (Å²) in [7, 11) is 1.98. The van der Waals surface area contributed by atoms with Crippen molar-refractivity contribution in [3.63, 3.8) is 0 Å². The van der Waals surface area contributed by atoms with E-state index >= 15 is 0 Å². The first-order chi connectivity index (χ1) is 19.1. The first-order valence-corrected chi connectivity index (χ1v) is 12.9. The van der Waals surface area contributed by atoms with E-state index in [2.05, 4.69) is 89.0 Å². The van der Waals surface area contributed by atoms with Gasteiger partial charge in [-0.05, 0) is 39.5 Å². The number of nitrogens with one attached hydrogen (secondary N) is 2. The van der Waals surface area contributed by atoms with Gasteiger partial charge in [-0.1, -0.05) is 85.4 Å². The van der Waals surface area contributed by atoms with Gasteiger partial charge in [0.15, 0.2) is 5.65 Å². The van der Waals surface area contributed by atoms with E-state index in [1.807, 2.05) is 26.0 Å². The van der Waals surface area contributed by atoms with Gasteiger partial charge in [0.05, 0.1) is 5.69 Å². The molecule has 4 aromatic carbocycles. The second kappa shape index (κ2) is 10.4. The summed E-state index contributed by atoms with van der Waals surface area (Å²) in [5, 5.41) is 24.3. The lowest BCUT2D eigenvalue weighted by Crippen LogP contribution is -2.12. The van der Waals surface area contributed by atoms with Gasteiger partial charge in [0.1, 0.15) is 19.4 Å². The normalized spacial score (nSPS) is 11.1. The van der Waals surface area contributed by atoms with Gasteiger partial charge in [-0.25, -0.2) is 4.98 Å². The number of phenolic OH excluding ortho intramolecular Hbond substituents is 1. The smallest absolute Gasteiger partial charge is 0.151 e. The highest BCUT2D eigenvalue weighted by molar-refractivity contribution is 6.36. The van der Waals surface area contributed by atoms with Gasteiger partial charge < -0.3 is 15.7 Å². The lowest BCUT2D eigenvalue weighted by molar-refractivity contribution is 0.477. The molecule has 0 radical (unpaired) electrons. The second-order valence-electron chi connectivity index (χ2n) is 9.64. The summed E-state index contributed by atoms with van der Waals surface area (Å²) in [6.07, 6.45) is 1.80. The van der Waals surface area contributed by atoms with Crippen molar-refractivity contribution in [2.45, 2.75) is 13.1 Å². The fourth-order valence-electron chi connectivity index (χ4n) is 4.86. The molecule has 2 heterocycles. The number of nitrogens with zero attached hydrogens (tertiary/aromatic N) is 3. The molecule has 6 aromatic rings. The maximum atomic E-state index is 10.4. The monoisotopic (exact) mass is 509 g/mol. The summed E-state index contributed by atoms with van der Waals surface area (Å²) in [6.45, 7) is 5.58. The lowest BCUT2D eigenvalue weighted by Gasteiger charge is -2.14. The molecule has 7 heteroatoms. The first kappa shape index (κ1) is 24.3. The molecule has 0 bridgehead atoms. The molecule has 0 aliphatic heterocycles. The molecule has 190 valence electrons. The molecule has 0 amide bonds. The molecule has 6 nitrogen and oxygen atoms in total. The van der Waals surface area contributed by atoms with Crippen molar-refractivity contribution in [3.8, 4) is 17.0 Å². The van der Waals surface area contributed by atoms with Gasteiger partial charge in [-0.3, -0.25) is 0 Å². The predicted octanol–water partition coefficient (Wildman–Crippen LogP) is 4.89. The summed E-state index contributed by atoms with van der Waals surface area (Å²) in [5.41, 5.74) is 7.42. The van der Waals surface area contributed by atoms with Crippen molar-refractivity contribution in [2.24, 2.45) is 0 Å². The number of benzene rings is 4. The molecule has 0 saturated heterocycles. The third-order valence-corrected chi connectivity index (χ3v) is 6.91. The van der Waals surface area contributed by atoms with E-state index in [0.717, 1.165) is 33.8 Å². The van der Waals surface area contributed by atoms with Gasteiger partial charge >= 0.3 is 0 Å². The molecular weight excluding hydrogens is 481 g/mol. The van der Waals surface area contributed by atoms with E-state index in [1.165, 1.54) is 16.3 Å². The Morgan fingerprint density at radius 1 is 0.872 bits per heavy atom. The fourth-order valence-corrected chi connectivity index (χ4v) is 4.86. The molecule has 0 spiro atoms. The van der Waals surface area contributed by atoms with Crippen LogP contribution in [0.1, 0.15) is 16.7 Å². The summed E-state index contributed by atoms with van der Waals surface area (Å²) in [6, 6.07) is 32.3. The average Bonchev–Trinajstić information content (AvgIpc) is 3.35.